The summed E-state index contributed by atoms with van der Waals surface area (Å²) in [6, 6.07) is 9.02. The second-order valence-electron chi connectivity index (χ2n) is 7.36. The summed E-state index contributed by atoms with van der Waals surface area (Å²) in [4.78, 5) is 19.1. The van der Waals surface area contributed by atoms with Gasteiger partial charge in [-0.3, -0.25) is 9.69 Å². The van der Waals surface area contributed by atoms with E-state index in [9.17, 15) is 4.79 Å². The molecule has 1 saturated heterocycles. The minimum atomic E-state index is 0.235. The van der Waals surface area contributed by atoms with Crippen molar-refractivity contribution in [3.8, 4) is 0 Å². The molecule has 0 radical (unpaired) electrons. The fourth-order valence-corrected chi connectivity index (χ4v) is 3.27. The molecule has 0 spiro atoms. The number of carbonyl (C=O) groups excluding carboxylic acids is 1. The highest BCUT2D eigenvalue weighted by molar-refractivity contribution is 5.80. The summed E-state index contributed by atoms with van der Waals surface area (Å²) in [5.74, 6) is 0.508. The standard InChI is InChI=1S/C19H30N4O/c1-21(2)17-8-6-15(7-9-17)18(14-20-19(24)16-4-5-16)23-12-10-22(3)11-13-23/h6-9,16,18H,4-5,10-14H2,1-3H3,(H,20,24)/t18-/m0/s1. The van der Waals surface area contributed by atoms with Crippen LogP contribution in [0.1, 0.15) is 24.4 Å². The third-order valence-corrected chi connectivity index (χ3v) is 5.19. The zero-order valence-electron chi connectivity index (χ0n) is 15.2. The van der Waals surface area contributed by atoms with E-state index in [2.05, 4.69) is 65.4 Å². The van der Waals surface area contributed by atoms with Crippen molar-refractivity contribution >= 4 is 11.6 Å². The number of piperazine rings is 1. The molecule has 1 aliphatic carbocycles. The van der Waals surface area contributed by atoms with Crippen LogP contribution in [-0.4, -0.2) is 69.6 Å². The van der Waals surface area contributed by atoms with Crippen LogP contribution in [-0.2, 0) is 4.79 Å². The Hall–Kier alpha value is -1.59. The van der Waals surface area contributed by atoms with Gasteiger partial charge in [-0.1, -0.05) is 12.1 Å². The normalized spacial score (nSPS) is 20.6. The topological polar surface area (TPSA) is 38.8 Å². The van der Waals surface area contributed by atoms with Gasteiger partial charge in [0.05, 0.1) is 6.04 Å². The first-order valence-electron chi connectivity index (χ1n) is 9.02. The number of nitrogens with zero attached hydrogens (tertiary/aromatic N) is 3. The fourth-order valence-electron chi connectivity index (χ4n) is 3.27. The van der Waals surface area contributed by atoms with Crippen molar-refractivity contribution in [3.63, 3.8) is 0 Å². The first-order valence-corrected chi connectivity index (χ1v) is 9.02. The van der Waals surface area contributed by atoms with Crippen molar-refractivity contribution in [2.75, 3.05) is 58.8 Å². The van der Waals surface area contributed by atoms with E-state index < -0.39 is 0 Å². The predicted octanol–water partition coefficient (Wildman–Crippen LogP) is 1.57. The van der Waals surface area contributed by atoms with Crippen LogP contribution >= 0.6 is 0 Å². The number of carbonyl (C=O) groups is 1. The Morgan fingerprint density at radius 2 is 1.79 bits per heavy atom. The van der Waals surface area contributed by atoms with Crippen molar-refractivity contribution in [1.82, 2.24) is 15.1 Å². The molecule has 3 rings (SSSR count). The summed E-state index contributed by atoms with van der Waals surface area (Å²) in [5.41, 5.74) is 2.50. The quantitative estimate of drug-likeness (QED) is 0.859. The lowest BCUT2D eigenvalue weighted by atomic mass is 10.0. The van der Waals surface area contributed by atoms with Crippen LogP contribution < -0.4 is 10.2 Å². The number of benzene rings is 1. The van der Waals surface area contributed by atoms with Crippen molar-refractivity contribution in [2.45, 2.75) is 18.9 Å². The van der Waals surface area contributed by atoms with Crippen LogP contribution in [0.25, 0.3) is 0 Å². The number of likely N-dealkylation sites (N-methyl/N-ethyl adjacent to an activating group) is 1. The largest absolute Gasteiger partial charge is 0.378 e. The van der Waals surface area contributed by atoms with E-state index in [0.717, 1.165) is 39.0 Å². The molecule has 1 aromatic rings. The third-order valence-electron chi connectivity index (χ3n) is 5.19. The number of rotatable bonds is 6. The molecule has 5 heteroatoms. The molecule has 1 heterocycles. The van der Waals surface area contributed by atoms with Crippen molar-refractivity contribution in [3.05, 3.63) is 29.8 Å². The van der Waals surface area contributed by atoms with Gasteiger partial charge >= 0.3 is 0 Å². The van der Waals surface area contributed by atoms with Gasteiger partial charge in [0.2, 0.25) is 5.91 Å². The van der Waals surface area contributed by atoms with E-state index in [4.69, 9.17) is 0 Å². The molecule has 2 aliphatic rings. The average Bonchev–Trinajstić information content (AvgIpc) is 3.42. The van der Waals surface area contributed by atoms with E-state index in [1.165, 1.54) is 11.3 Å². The maximum absolute atomic E-state index is 12.1. The predicted molar refractivity (Wildman–Crippen MR) is 98.3 cm³/mol. The molecule has 1 atom stereocenters. The van der Waals surface area contributed by atoms with E-state index in [0.29, 0.717) is 6.54 Å². The van der Waals surface area contributed by atoms with E-state index >= 15 is 0 Å². The van der Waals surface area contributed by atoms with Crippen molar-refractivity contribution < 1.29 is 4.79 Å². The molecule has 24 heavy (non-hydrogen) atoms. The van der Waals surface area contributed by atoms with Crippen LogP contribution in [0.3, 0.4) is 0 Å². The Morgan fingerprint density at radius 3 is 2.33 bits per heavy atom. The second kappa shape index (κ2) is 7.53. The second-order valence-corrected chi connectivity index (χ2v) is 7.36. The van der Waals surface area contributed by atoms with Gasteiger partial charge in [-0.15, -0.1) is 0 Å². The van der Waals surface area contributed by atoms with Gasteiger partial charge in [0.1, 0.15) is 0 Å². The first kappa shape index (κ1) is 17.2. The van der Waals surface area contributed by atoms with E-state index in [1.807, 2.05) is 0 Å². The van der Waals surface area contributed by atoms with Crippen LogP contribution in [0.2, 0.25) is 0 Å². The molecule has 0 bridgehead atoms. The third kappa shape index (κ3) is 4.28. The smallest absolute Gasteiger partial charge is 0.223 e. The summed E-state index contributed by atoms with van der Waals surface area (Å²) in [5, 5.41) is 3.18. The minimum Gasteiger partial charge on any atom is -0.378 e. The summed E-state index contributed by atoms with van der Waals surface area (Å²) in [7, 11) is 6.29. The molecule has 0 unspecified atom stereocenters. The number of amides is 1. The number of hydrogen-bond acceptors (Lipinski definition) is 4. The minimum absolute atomic E-state index is 0.235. The maximum Gasteiger partial charge on any atom is 0.223 e. The van der Waals surface area contributed by atoms with Crippen LogP contribution in [0.4, 0.5) is 5.69 Å². The highest BCUT2D eigenvalue weighted by Gasteiger charge is 2.31. The zero-order valence-corrected chi connectivity index (χ0v) is 15.2. The van der Waals surface area contributed by atoms with Gasteiger partial charge in [0.15, 0.2) is 0 Å². The molecule has 1 amide bonds. The van der Waals surface area contributed by atoms with Crippen molar-refractivity contribution in [2.24, 2.45) is 5.92 Å². The van der Waals surface area contributed by atoms with Crippen LogP contribution in [0, 0.1) is 5.92 Å². The van der Waals surface area contributed by atoms with Gasteiger partial charge in [-0.2, -0.15) is 0 Å². The van der Waals surface area contributed by atoms with Crippen LogP contribution in [0.15, 0.2) is 24.3 Å². The van der Waals surface area contributed by atoms with E-state index in [-0.39, 0.29) is 17.9 Å². The molecular formula is C19H30N4O. The Kier molecular flexibility index (Phi) is 5.41. The number of nitrogens with one attached hydrogen (secondary N) is 1. The lowest BCUT2D eigenvalue weighted by molar-refractivity contribution is -0.122. The Bertz CT molecular complexity index is 545. The molecule has 2 fully saturated rings. The lowest BCUT2D eigenvalue weighted by Gasteiger charge is -2.38. The maximum atomic E-state index is 12.1. The van der Waals surface area contributed by atoms with E-state index in [1.54, 1.807) is 0 Å². The summed E-state index contributed by atoms with van der Waals surface area (Å²) in [6.45, 7) is 4.98. The number of hydrogen-bond donors (Lipinski definition) is 1. The van der Waals surface area contributed by atoms with Crippen molar-refractivity contribution in [1.29, 1.82) is 0 Å². The molecule has 1 N–H and O–H groups in total. The molecular weight excluding hydrogens is 300 g/mol. The summed E-state index contributed by atoms with van der Waals surface area (Å²) < 4.78 is 0. The molecule has 1 aliphatic heterocycles. The molecule has 1 aromatic carbocycles. The summed E-state index contributed by atoms with van der Waals surface area (Å²) in [6.07, 6.45) is 2.12. The first-order chi connectivity index (χ1) is 11.5. The summed E-state index contributed by atoms with van der Waals surface area (Å²) >= 11 is 0. The van der Waals surface area contributed by atoms with Gasteiger partial charge in [-0.25, -0.2) is 0 Å². The Balaban J connectivity index is 1.71. The van der Waals surface area contributed by atoms with Gasteiger partial charge in [0.25, 0.3) is 0 Å². The Labute approximate surface area is 145 Å². The van der Waals surface area contributed by atoms with Crippen LogP contribution in [0.5, 0.6) is 0 Å². The molecule has 5 nitrogen and oxygen atoms in total. The highest BCUT2D eigenvalue weighted by Crippen LogP contribution is 2.29. The van der Waals surface area contributed by atoms with Gasteiger partial charge in [0, 0.05) is 58.4 Å². The molecule has 0 aromatic heterocycles. The highest BCUT2D eigenvalue weighted by atomic mass is 16.2. The van der Waals surface area contributed by atoms with Gasteiger partial charge < -0.3 is 15.1 Å². The Morgan fingerprint density at radius 1 is 1.17 bits per heavy atom. The molecule has 132 valence electrons. The zero-order chi connectivity index (χ0) is 17.1. The lowest BCUT2D eigenvalue weighted by Crippen LogP contribution is -2.48. The molecule has 1 saturated carbocycles. The monoisotopic (exact) mass is 330 g/mol. The SMILES string of the molecule is CN1CCN([C@@H](CNC(=O)C2CC2)c2ccc(N(C)C)cc2)CC1. The number of anilines is 1. The fraction of sp³-hybridized carbons (Fsp3) is 0.632. The van der Waals surface area contributed by atoms with Gasteiger partial charge in [-0.05, 0) is 37.6 Å². The average molecular weight is 330 g/mol.